The van der Waals surface area contributed by atoms with Crippen molar-refractivity contribution < 1.29 is 0 Å². The molecule has 0 spiro atoms. The van der Waals surface area contributed by atoms with E-state index in [0.717, 1.165) is 23.7 Å². The molecule has 0 atom stereocenters. The second-order valence-corrected chi connectivity index (χ2v) is 7.16. The van der Waals surface area contributed by atoms with Crippen molar-refractivity contribution in [1.29, 1.82) is 0 Å². The Morgan fingerprint density at radius 1 is 0.789 bits per heavy atom. The van der Waals surface area contributed by atoms with Gasteiger partial charge in [0.15, 0.2) is 0 Å². The lowest BCUT2D eigenvalue weighted by Crippen LogP contribution is -2.25. The molecule has 2 aliphatic rings. The van der Waals surface area contributed by atoms with Crippen LogP contribution in [-0.2, 0) is 0 Å². The molecule has 0 aromatic heterocycles. The lowest BCUT2D eigenvalue weighted by atomic mass is 9.68. The Morgan fingerprint density at radius 2 is 1.32 bits per heavy atom. The van der Waals surface area contributed by atoms with Crippen LogP contribution in [0.25, 0.3) is 0 Å². The van der Waals surface area contributed by atoms with Gasteiger partial charge in [0.1, 0.15) is 0 Å². The van der Waals surface area contributed by atoms with E-state index >= 15 is 0 Å². The minimum absolute atomic E-state index is 1.00. The summed E-state index contributed by atoms with van der Waals surface area (Å²) in [6.07, 6.45) is 21.1. The molecular weight excluding hydrogens is 228 g/mol. The minimum atomic E-state index is 1.00. The summed E-state index contributed by atoms with van der Waals surface area (Å²) < 4.78 is 0. The molecule has 0 bridgehead atoms. The van der Waals surface area contributed by atoms with Crippen molar-refractivity contribution in [2.24, 2.45) is 23.7 Å². The van der Waals surface area contributed by atoms with Gasteiger partial charge in [0.25, 0.3) is 0 Å². The van der Waals surface area contributed by atoms with E-state index < -0.39 is 0 Å². The number of hydrogen-bond donors (Lipinski definition) is 0. The van der Waals surface area contributed by atoms with E-state index in [1.807, 2.05) is 0 Å². The first-order valence-corrected chi connectivity index (χ1v) is 8.94. The van der Waals surface area contributed by atoms with Gasteiger partial charge >= 0.3 is 0 Å². The van der Waals surface area contributed by atoms with Crippen molar-refractivity contribution in [3.8, 4) is 0 Å². The number of rotatable bonds is 5. The molecule has 0 unspecified atom stereocenters. The molecule has 0 aliphatic heterocycles. The van der Waals surface area contributed by atoms with Gasteiger partial charge in [-0.1, -0.05) is 44.8 Å². The van der Waals surface area contributed by atoms with Crippen LogP contribution in [-0.4, -0.2) is 0 Å². The predicted molar refractivity (Wildman–Crippen MR) is 85.2 cm³/mol. The van der Waals surface area contributed by atoms with Crippen LogP contribution in [0.15, 0.2) is 12.2 Å². The molecule has 0 aromatic rings. The van der Waals surface area contributed by atoms with Crippen LogP contribution in [0, 0.1) is 23.7 Å². The van der Waals surface area contributed by atoms with Crippen molar-refractivity contribution in [3.05, 3.63) is 12.2 Å². The summed E-state index contributed by atoms with van der Waals surface area (Å²) in [5, 5.41) is 0. The van der Waals surface area contributed by atoms with Gasteiger partial charge < -0.3 is 0 Å². The fraction of sp³-hybridized carbons (Fsp3) is 0.895. The molecule has 0 heterocycles. The standard InChI is InChI=1S/C19H34/c1-3-5-7-17-10-14-19(15-11-17)18-12-8-16(6-4-2)9-13-18/h3,5,16-19H,4,6-15H2,1-2H3/b5-3-. The van der Waals surface area contributed by atoms with Crippen LogP contribution in [0.4, 0.5) is 0 Å². The molecule has 0 aromatic carbocycles. The zero-order valence-corrected chi connectivity index (χ0v) is 13.2. The highest BCUT2D eigenvalue weighted by atomic mass is 14.4. The van der Waals surface area contributed by atoms with Gasteiger partial charge in [-0.2, -0.15) is 0 Å². The van der Waals surface area contributed by atoms with E-state index in [2.05, 4.69) is 26.0 Å². The third kappa shape index (κ3) is 4.65. The quantitative estimate of drug-likeness (QED) is 0.505. The molecule has 0 amide bonds. The van der Waals surface area contributed by atoms with Crippen molar-refractivity contribution in [3.63, 3.8) is 0 Å². The van der Waals surface area contributed by atoms with E-state index in [9.17, 15) is 0 Å². The fourth-order valence-electron chi connectivity index (χ4n) is 4.58. The summed E-state index contributed by atoms with van der Waals surface area (Å²) in [7, 11) is 0. The SMILES string of the molecule is C/C=C\CC1CCC(C2CCC(CCC)CC2)CC1. The van der Waals surface area contributed by atoms with E-state index in [1.54, 1.807) is 12.8 Å². The van der Waals surface area contributed by atoms with Crippen molar-refractivity contribution in [1.82, 2.24) is 0 Å². The molecule has 2 rings (SSSR count). The van der Waals surface area contributed by atoms with E-state index in [-0.39, 0.29) is 0 Å². The van der Waals surface area contributed by atoms with Gasteiger partial charge in [0.05, 0.1) is 0 Å². The van der Waals surface area contributed by atoms with Crippen LogP contribution in [0.3, 0.4) is 0 Å². The van der Waals surface area contributed by atoms with Gasteiger partial charge in [0.2, 0.25) is 0 Å². The molecule has 0 radical (unpaired) electrons. The average Bonchev–Trinajstić information content (AvgIpc) is 2.47. The first-order valence-electron chi connectivity index (χ1n) is 8.94. The maximum Gasteiger partial charge on any atom is -0.0322 e. The molecule has 19 heavy (non-hydrogen) atoms. The van der Waals surface area contributed by atoms with E-state index in [0.29, 0.717) is 0 Å². The zero-order chi connectivity index (χ0) is 13.5. The predicted octanol–water partition coefficient (Wildman–Crippen LogP) is 6.37. The molecule has 0 heteroatoms. The number of allylic oxidation sites excluding steroid dienone is 2. The highest BCUT2D eigenvalue weighted by molar-refractivity contribution is 4.86. The first kappa shape index (κ1) is 15.1. The molecular formula is C19H34. The smallest absolute Gasteiger partial charge is 0.0322 e. The van der Waals surface area contributed by atoms with Crippen molar-refractivity contribution >= 4 is 0 Å². The molecule has 2 fully saturated rings. The monoisotopic (exact) mass is 262 g/mol. The summed E-state index contributed by atoms with van der Waals surface area (Å²) in [4.78, 5) is 0. The number of hydrogen-bond acceptors (Lipinski definition) is 0. The lowest BCUT2D eigenvalue weighted by Gasteiger charge is -2.37. The third-order valence-electron chi connectivity index (χ3n) is 5.85. The Hall–Kier alpha value is -0.260. The Balaban J connectivity index is 1.68. The van der Waals surface area contributed by atoms with Crippen LogP contribution in [0.5, 0.6) is 0 Å². The van der Waals surface area contributed by atoms with Gasteiger partial charge in [-0.3, -0.25) is 0 Å². The largest absolute Gasteiger partial charge is 0.0917 e. The highest BCUT2D eigenvalue weighted by Gasteiger charge is 2.30. The maximum atomic E-state index is 2.38. The topological polar surface area (TPSA) is 0 Å². The average molecular weight is 262 g/mol. The van der Waals surface area contributed by atoms with Gasteiger partial charge in [-0.15, -0.1) is 0 Å². The van der Waals surface area contributed by atoms with Crippen LogP contribution >= 0.6 is 0 Å². The normalized spacial score (nSPS) is 36.7. The molecule has 110 valence electrons. The molecule has 2 saturated carbocycles. The second-order valence-electron chi connectivity index (χ2n) is 7.16. The summed E-state index contributed by atoms with van der Waals surface area (Å²) >= 11 is 0. The minimum Gasteiger partial charge on any atom is -0.0917 e. The van der Waals surface area contributed by atoms with Gasteiger partial charge in [-0.05, 0) is 75.5 Å². The van der Waals surface area contributed by atoms with Crippen molar-refractivity contribution in [2.75, 3.05) is 0 Å². The zero-order valence-electron chi connectivity index (χ0n) is 13.2. The van der Waals surface area contributed by atoms with Crippen LogP contribution in [0.2, 0.25) is 0 Å². The summed E-state index contributed by atoms with van der Waals surface area (Å²) in [6, 6.07) is 0. The maximum absolute atomic E-state index is 2.38. The summed E-state index contributed by atoms with van der Waals surface area (Å²) in [6.45, 7) is 4.50. The lowest BCUT2D eigenvalue weighted by molar-refractivity contribution is 0.144. The van der Waals surface area contributed by atoms with Crippen LogP contribution in [0.1, 0.15) is 84.5 Å². The molecule has 2 aliphatic carbocycles. The summed E-state index contributed by atoms with van der Waals surface area (Å²) in [5.74, 6) is 4.26. The molecule has 0 N–H and O–H groups in total. The van der Waals surface area contributed by atoms with Gasteiger partial charge in [-0.25, -0.2) is 0 Å². The Labute approximate surface area is 121 Å². The Kier molecular flexibility index (Phi) is 6.47. The Bertz CT molecular complexity index is 249. The first-order chi connectivity index (χ1) is 9.33. The molecule has 0 nitrogen and oxygen atoms in total. The van der Waals surface area contributed by atoms with Crippen LogP contribution < -0.4 is 0 Å². The summed E-state index contributed by atoms with van der Waals surface area (Å²) in [5.41, 5.74) is 0. The van der Waals surface area contributed by atoms with Gasteiger partial charge in [0, 0.05) is 0 Å². The molecule has 0 saturated heterocycles. The third-order valence-corrected chi connectivity index (χ3v) is 5.85. The van der Waals surface area contributed by atoms with E-state index in [4.69, 9.17) is 0 Å². The fourth-order valence-corrected chi connectivity index (χ4v) is 4.58. The second kappa shape index (κ2) is 8.12. The Morgan fingerprint density at radius 3 is 1.79 bits per heavy atom. The van der Waals surface area contributed by atoms with Crippen molar-refractivity contribution in [2.45, 2.75) is 84.5 Å². The highest BCUT2D eigenvalue weighted by Crippen LogP contribution is 2.42. The van der Waals surface area contributed by atoms with E-state index in [1.165, 1.54) is 57.8 Å².